The van der Waals surface area contributed by atoms with E-state index < -0.39 is 12.2 Å². The number of nitrogens with zero attached hydrogens (tertiary/aromatic N) is 3. The first-order chi connectivity index (χ1) is 15.3. The Labute approximate surface area is 193 Å². The molecule has 2 unspecified atom stereocenters. The lowest BCUT2D eigenvalue weighted by Gasteiger charge is -2.26. The highest BCUT2D eigenvalue weighted by molar-refractivity contribution is 6.18. The fraction of sp³-hybridized carbons (Fsp3) is 0.417. The standard InChI is InChI=1S/C24H30ClN3O4/c1-17-13-28(27-26-17)14-21(30)16-32-23-10-6-19(7-11-23)24(2,3)18-4-8-22(9-5-18)31-15-20(29)12-25/h4-11,13,20-21,29-30H,12,14-16H2,1-3H3. The molecule has 0 saturated carbocycles. The van der Waals surface area contributed by atoms with Crippen LogP contribution in [0.3, 0.4) is 0 Å². The Hall–Kier alpha value is -2.61. The summed E-state index contributed by atoms with van der Waals surface area (Å²) in [5.74, 6) is 1.53. The minimum absolute atomic E-state index is 0.144. The van der Waals surface area contributed by atoms with Crippen LogP contribution in [0.5, 0.6) is 11.5 Å². The zero-order chi connectivity index (χ0) is 23.1. The summed E-state index contributed by atoms with van der Waals surface area (Å²) in [6.07, 6.45) is 0.419. The molecule has 0 amide bonds. The van der Waals surface area contributed by atoms with Crippen LogP contribution in [0.15, 0.2) is 54.7 Å². The van der Waals surface area contributed by atoms with Gasteiger partial charge in [0, 0.05) is 11.6 Å². The van der Waals surface area contributed by atoms with Crippen LogP contribution in [0.1, 0.15) is 30.7 Å². The topological polar surface area (TPSA) is 89.6 Å². The quantitative estimate of drug-likeness (QED) is 0.427. The Morgan fingerprint density at radius 3 is 1.84 bits per heavy atom. The first-order valence-electron chi connectivity index (χ1n) is 10.5. The normalized spacial score (nSPS) is 13.6. The van der Waals surface area contributed by atoms with Crippen molar-refractivity contribution in [1.82, 2.24) is 15.0 Å². The van der Waals surface area contributed by atoms with E-state index in [2.05, 4.69) is 24.2 Å². The summed E-state index contributed by atoms with van der Waals surface area (Å²) in [6.45, 7) is 6.82. The molecule has 7 nitrogen and oxygen atoms in total. The van der Waals surface area contributed by atoms with Gasteiger partial charge in [0.1, 0.15) is 36.9 Å². The summed E-state index contributed by atoms with van der Waals surface area (Å²) in [5.41, 5.74) is 2.85. The van der Waals surface area contributed by atoms with E-state index in [-0.39, 0.29) is 24.5 Å². The number of hydrogen-bond acceptors (Lipinski definition) is 6. The second-order valence-corrected chi connectivity index (χ2v) is 8.65. The van der Waals surface area contributed by atoms with Crippen LogP contribution in [0.2, 0.25) is 0 Å². The number of aromatic nitrogens is 3. The van der Waals surface area contributed by atoms with Crippen molar-refractivity contribution in [2.24, 2.45) is 0 Å². The third kappa shape index (κ3) is 6.45. The number of rotatable bonds is 11. The maximum Gasteiger partial charge on any atom is 0.119 e. The van der Waals surface area contributed by atoms with Crippen LogP contribution < -0.4 is 9.47 Å². The van der Waals surface area contributed by atoms with Gasteiger partial charge in [0.05, 0.1) is 18.1 Å². The molecule has 0 aliphatic rings. The fourth-order valence-electron chi connectivity index (χ4n) is 3.28. The van der Waals surface area contributed by atoms with Crippen LogP contribution in [0, 0.1) is 6.92 Å². The highest BCUT2D eigenvalue weighted by atomic mass is 35.5. The number of hydrogen-bond donors (Lipinski definition) is 2. The molecule has 3 aromatic rings. The molecule has 1 heterocycles. The predicted octanol–water partition coefficient (Wildman–Crippen LogP) is 3.33. The molecule has 2 atom stereocenters. The first-order valence-corrected chi connectivity index (χ1v) is 11.1. The fourth-order valence-corrected chi connectivity index (χ4v) is 3.37. The molecular formula is C24H30ClN3O4. The van der Waals surface area contributed by atoms with E-state index in [1.807, 2.05) is 55.5 Å². The van der Waals surface area contributed by atoms with E-state index in [9.17, 15) is 10.2 Å². The molecule has 0 aliphatic carbocycles. The van der Waals surface area contributed by atoms with Gasteiger partial charge in [-0.3, -0.25) is 0 Å². The van der Waals surface area contributed by atoms with Crippen molar-refractivity contribution in [3.63, 3.8) is 0 Å². The third-order valence-corrected chi connectivity index (χ3v) is 5.62. The largest absolute Gasteiger partial charge is 0.491 e. The van der Waals surface area contributed by atoms with Crippen molar-refractivity contribution in [3.05, 3.63) is 71.5 Å². The van der Waals surface area contributed by atoms with Gasteiger partial charge in [-0.25, -0.2) is 4.68 Å². The van der Waals surface area contributed by atoms with E-state index in [1.165, 1.54) is 0 Å². The molecule has 0 spiro atoms. The average Bonchev–Trinajstić information content (AvgIpc) is 3.20. The van der Waals surface area contributed by atoms with Crippen LogP contribution in [0.4, 0.5) is 0 Å². The second kappa shape index (κ2) is 10.8. The van der Waals surface area contributed by atoms with Crippen molar-refractivity contribution in [3.8, 4) is 11.5 Å². The van der Waals surface area contributed by atoms with E-state index in [1.54, 1.807) is 10.9 Å². The zero-order valence-corrected chi connectivity index (χ0v) is 19.4. The van der Waals surface area contributed by atoms with Gasteiger partial charge in [-0.1, -0.05) is 43.3 Å². The minimum Gasteiger partial charge on any atom is -0.491 e. The Morgan fingerprint density at radius 1 is 0.906 bits per heavy atom. The maximum absolute atomic E-state index is 10.2. The highest BCUT2D eigenvalue weighted by Gasteiger charge is 2.23. The summed E-state index contributed by atoms with van der Waals surface area (Å²) in [4.78, 5) is 0. The summed E-state index contributed by atoms with van der Waals surface area (Å²) in [5, 5.41) is 27.5. The van der Waals surface area contributed by atoms with E-state index >= 15 is 0 Å². The molecule has 2 aromatic carbocycles. The third-order valence-electron chi connectivity index (χ3n) is 5.27. The molecule has 0 radical (unpaired) electrons. The number of alkyl halides is 1. The van der Waals surface area contributed by atoms with Gasteiger partial charge in [0.25, 0.3) is 0 Å². The molecule has 0 fully saturated rings. The van der Waals surface area contributed by atoms with Gasteiger partial charge >= 0.3 is 0 Å². The molecule has 1 aromatic heterocycles. The molecule has 0 bridgehead atoms. The molecule has 0 aliphatic heterocycles. The molecule has 8 heteroatoms. The van der Waals surface area contributed by atoms with Crippen molar-refractivity contribution >= 4 is 11.6 Å². The number of halogens is 1. The lowest BCUT2D eigenvalue weighted by molar-refractivity contribution is 0.0888. The Morgan fingerprint density at radius 2 is 1.41 bits per heavy atom. The van der Waals surface area contributed by atoms with Crippen LogP contribution in [-0.4, -0.2) is 56.5 Å². The monoisotopic (exact) mass is 459 g/mol. The van der Waals surface area contributed by atoms with E-state index in [4.69, 9.17) is 21.1 Å². The highest BCUT2D eigenvalue weighted by Crippen LogP contribution is 2.33. The smallest absolute Gasteiger partial charge is 0.119 e. The Kier molecular flexibility index (Phi) is 8.12. The van der Waals surface area contributed by atoms with Crippen molar-refractivity contribution < 1.29 is 19.7 Å². The van der Waals surface area contributed by atoms with Gasteiger partial charge in [0.2, 0.25) is 0 Å². The lowest BCUT2D eigenvalue weighted by atomic mass is 9.78. The number of aliphatic hydroxyl groups excluding tert-OH is 2. The Balaban J connectivity index is 1.56. The van der Waals surface area contributed by atoms with E-state index in [0.29, 0.717) is 18.0 Å². The van der Waals surface area contributed by atoms with Gasteiger partial charge in [-0.2, -0.15) is 0 Å². The van der Waals surface area contributed by atoms with Gasteiger partial charge < -0.3 is 19.7 Å². The average molecular weight is 460 g/mol. The van der Waals surface area contributed by atoms with Crippen molar-refractivity contribution in [2.75, 3.05) is 19.1 Å². The van der Waals surface area contributed by atoms with Crippen LogP contribution in [0.25, 0.3) is 0 Å². The molecule has 2 N–H and O–H groups in total. The molecular weight excluding hydrogens is 430 g/mol. The molecule has 172 valence electrons. The number of aliphatic hydroxyl groups is 2. The number of aryl methyl sites for hydroxylation is 1. The molecule has 0 saturated heterocycles. The van der Waals surface area contributed by atoms with Crippen molar-refractivity contribution in [1.29, 1.82) is 0 Å². The summed E-state index contributed by atoms with van der Waals surface area (Å²) < 4.78 is 12.9. The number of benzene rings is 2. The van der Waals surface area contributed by atoms with E-state index in [0.717, 1.165) is 16.8 Å². The molecule has 3 rings (SSSR count). The van der Waals surface area contributed by atoms with Gasteiger partial charge in [-0.15, -0.1) is 16.7 Å². The predicted molar refractivity (Wildman–Crippen MR) is 123 cm³/mol. The molecule has 32 heavy (non-hydrogen) atoms. The summed E-state index contributed by atoms with van der Waals surface area (Å²) in [6, 6.07) is 15.7. The second-order valence-electron chi connectivity index (χ2n) is 8.34. The minimum atomic E-state index is -0.682. The lowest BCUT2D eigenvalue weighted by Crippen LogP contribution is -2.24. The van der Waals surface area contributed by atoms with Crippen molar-refractivity contribution in [2.45, 2.75) is 44.9 Å². The van der Waals surface area contributed by atoms with Gasteiger partial charge in [-0.05, 0) is 42.3 Å². The van der Waals surface area contributed by atoms with Crippen LogP contribution >= 0.6 is 11.6 Å². The number of ether oxygens (including phenoxy) is 2. The van der Waals surface area contributed by atoms with Gasteiger partial charge in [0.15, 0.2) is 0 Å². The summed E-state index contributed by atoms with van der Waals surface area (Å²) in [7, 11) is 0. The SMILES string of the molecule is Cc1cn(CC(O)COc2ccc(C(C)(C)c3ccc(OCC(O)CCl)cc3)cc2)nn1. The maximum atomic E-state index is 10.2. The summed E-state index contributed by atoms with van der Waals surface area (Å²) >= 11 is 5.59. The Bertz CT molecular complexity index is 974. The van der Waals surface area contributed by atoms with Crippen LogP contribution in [-0.2, 0) is 12.0 Å². The zero-order valence-electron chi connectivity index (χ0n) is 18.6. The first kappa shape index (κ1) is 24.0.